The monoisotopic (exact) mass is 263 g/mol. The number of hydrogen-bond donors (Lipinski definition) is 1. The fourth-order valence-corrected chi connectivity index (χ4v) is 2.32. The van der Waals surface area contributed by atoms with Gasteiger partial charge >= 0.3 is 0 Å². The van der Waals surface area contributed by atoms with Gasteiger partial charge in [-0.05, 0) is 31.9 Å². The van der Waals surface area contributed by atoms with Crippen LogP contribution in [0.4, 0.5) is 0 Å². The third-order valence-corrected chi connectivity index (χ3v) is 3.52. The highest BCUT2D eigenvalue weighted by atomic mass is 35.5. The van der Waals surface area contributed by atoms with E-state index in [9.17, 15) is 0 Å². The molecule has 1 aromatic carbocycles. The molecule has 0 fully saturated rings. The van der Waals surface area contributed by atoms with Gasteiger partial charge in [0, 0.05) is 12.2 Å². The largest absolute Gasteiger partial charge is 0.326 e. The molecule has 2 aromatic rings. The Balaban J connectivity index is 2.50. The molecule has 2 atom stereocenters. The van der Waals surface area contributed by atoms with E-state index in [1.54, 1.807) is 0 Å². The molecule has 2 unspecified atom stereocenters. The molecule has 3 nitrogen and oxygen atoms in total. The molecule has 0 saturated carbocycles. The Labute approximate surface area is 113 Å². The maximum absolute atomic E-state index is 6.13. The SMILES string of the molecule is Cc1ccccc1C(C(C)N)n1cc(Cl)c(C)n1. The van der Waals surface area contributed by atoms with Crippen molar-refractivity contribution in [2.45, 2.75) is 32.9 Å². The van der Waals surface area contributed by atoms with Crippen molar-refractivity contribution < 1.29 is 0 Å². The van der Waals surface area contributed by atoms with E-state index in [0.717, 1.165) is 5.69 Å². The summed E-state index contributed by atoms with van der Waals surface area (Å²) in [5.41, 5.74) is 9.35. The van der Waals surface area contributed by atoms with Crippen LogP contribution in [-0.4, -0.2) is 15.8 Å². The molecule has 0 saturated heterocycles. The summed E-state index contributed by atoms with van der Waals surface area (Å²) in [4.78, 5) is 0. The van der Waals surface area contributed by atoms with E-state index in [1.165, 1.54) is 11.1 Å². The smallest absolute Gasteiger partial charge is 0.0919 e. The lowest BCUT2D eigenvalue weighted by molar-refractivity contribution is 0.450. The van der Waals surface area contributed by atoms with Crippen molar-refractivity contribution in [1.82, 2.24) is 9.78 Å². The van der Waals surface area contributed by atoms with Crippen molar-refractivity contribution in [2.75, 3.05) is 0 Å². The summed E-state index contributed by atoms with van der Waals surface area (Å²) in [7, 11) is 0. The van der Waals surface area contributed by atoms with Crippen LogP contribution in [0.2, 0.25) is 5.02 Å². The standard InChI is InChI=1S/C14H18ClN3/c1-9-6-4-5-7-12(9)14(10(2)16)18-8-13(15)11(3)17-18/h4-8,10,14H,16H2,1-3H3. The van der Waals surface area contributed by atoms with Crippen molar-refractivity contribution >= 4 is 11.6 Å². The predicted molar refractivity (Wildman–Crippen MR) is 74.9 cm³/mol. The summed E-state index contributed by atoms with van der Waals surface area (Å²) in [5.74, 6) is 0. The van der Waals surface area contributed by atoms with Gasteiger partial charge in [-0.15, -0.1) is 0 Å². The number of aromatic nitrogens is 2. The molecule has 0 aliphatic heterocycles. The minimum atomic E-state index is -0.0403. The first-order valence-electron chi connectivity index (χ1n) is 6.03. The zero-order valence-corrected chi connectivity index (χ0v) is 11.6. The van der Waals surface area contributed by atoms with Gasteiger partial charge in [-0.25, -0.2) is 0 Å². The van der Waals surface area contributed by atoms with Crippen LogP contribution >= 0.6 is 11.6 Å². The van der Waals surface area contributed by atoms with Gasteiger partial charge in [0.05, 0.1) is 16.8 Å². The highest BCUT2D eigenvalue weighted by molar-refractivity contribution is 6.31. The molecule has 96 valence electrons. The second-order valence-electron chi connectivity index (χ2n) is 4.70. The Bertz CT molecular complexity index is 526. The van der Waals surface area contributed by atoms with Gasteiger partial charge in [-0.3, -0.25) is 4.68 Å². The number of halogens is 1. The van der Waals surface area contributed by atoms with Crippen LogP contribution in [0.5, 0.6) is 0 Å². The first-order valence-corrected chi connectivity index (χ1v) is 6.41. The van der Waals surface area contributed by atoms with Crippen molar-refractivity contribution in [2.24, 2.45) is 5.73 Å². The van der Waals surface area contributed by atoms with Gasteiger partial charge in [-0.1, -0.05) is 35.9 Å². The van der Waals surface area contributed by atoms with Gasteiger partial charge in [0.2, 0.25) is 0 Å². The van der Waals surface area contributed by atoms with E-state index in [0.29, 0.717) is 5.02 Å². The molecule has 2 N–H and O–H groups in total. The molecule has 1 heterocycles. The average Bonchev–Trinajstić information content (AvgIpc) is 2.61. The minimum Gasteiger partial charge on any atom is -0.326 e. The Morgan fingerprint density at radius 3 is 2.44 bits per heavy atom. The average molecular weight is 264 g/mol. The van der Waals surface area contributed by atoms with E-state index in [1.807, 2.05) is 36.9 Å². The number of benzene rings is 1. The summed E-state index contributed by atoms with van der Waals surface area (Å²) in [6, 6.07) is 8.20. The molecule has 1 aromatic heterocycles. The Hall–Kier alpha value is -1.32. The normalized spacial score (nSPS) is 14.5. The van der Waals surface area contributed by atoms with E-state index in [2.05, 4.69) is 24.2 Å². The van der Waals surface area contributed by atoms with E-state index >= 15 is 0 Å². The molecule has 0 aliphatic carbocycles. The van der Waals surface area contributed by atoms with Crippen LogP contribution in [0.15, 0.2) is 30.5 Å². The zero-order chi connectivity index (χ0) is 13.3. The van der Waals surface area contributed by atoms with Gasteiger partial charge in [0.15, 0.2) is 0 Å². The Morgan fingerprint density at radius 2 is 1.94 bits per heavy atom. The van der Waals surface area contributed by atoms with Gasteiger partial charge in [0.1, 0.15) is 0 Å². The summed E-state index contributed by atoms with van der Waals surface area (Å²) in [6.45, 7) is 5.97. The van der Waals surface area contributed by atoms with Crippen LogP contribution in [0.25, 0.3) is 0 Å². The Kier molecular flexibility index (Phi) is 3.73. The highest BCUT2D eigenvalue weighted by Gasteiger charge is 2.21. The minimum absolute atomic E-state index is 0.0115. The number of rotatable bonds is 3. The molecule has 18 heavy (non-hydrogen) atoms. The second kappa shape index (κ2) is 5.12. The predicted octanol–water partition coefficient (Wildman–Crippen LogP) is 3.09. The van der Waals surface area contributed by atoms with E-state index in [4.69, 9.17) is 17.3 Å². The molecular formula is C14H18ClN3. The maximum atomic E-state index is 6.13. The van der Waals surface area contributed by atoms with Crippen molar-refractivity contribution in [3.05, 3.63) is 52.3 Å². The highest BCUT2D eigenvalue weighted by Crippen LogP contribution is 2.26. The van der Waals surface area contributed by atoms with Gasteiger partial charge < -0.3 is 5.73 Å². The number of nitrogens with two attached hydrogens (primary N) is 1. The van der Waals surface area contributed by atoms with Crippen LogP contribution in [0.3, 0.4) is 0 Å². The lowest BCUT2D eigenvalue weighted by atomic mass is 9.97. The number of nitrogens with zero attached hydrogens (tertiary/aromatic N) is 2. The van der Waals surface area contributed by atoms with E-state index < -0.39 is 0 Å². The summed E-state index contributed by atoms with van der Waals surface area (Å²) in [5, 5.41) is 5.13. The lowest BCUT2D eigenvalue weighted by Gasteiger charge is -2.23. The summed E-state index contributed by atoms with van der Waals surface area (Å²) < 4.78 is 1.87. The quantitative estimate of drug-likeness (QED) is 0.925. The fraction of sp³-hybridized carbons (Fsp3) is 0.357. The number of aryl methyl sites for hydroxylation is 2. The third-order valence-electron chi connectivity index (χ3n) is 3.15. The number of hydrogen-bond acceptors (Lipinski definition) is 2. The van der Waals surface area contributed by atoms with Crippen molar-refractivity contribution in [1.29, 1.82) is 0 Å². The first kappa shape index (κ1) is 13.1. The molecular weight excluding hydrogens is 246 g/mol. The molecule has 4 heteroatoms. The first-order chi connectivity index (χ1) is 8.50. The lowest BCUT2D eigenvalue weighted by Crippen LogP contribution is -2.31. The van der Waals surface area contributed by atoms with Crippen molar-refractivity contribution in [3.8, 4) is 0 Å². The van der Waals surface area contributed by atoms with Crippen molar-refractivity contribution in [3.63, 3.8) is 0 Å². The van der Waals surface area contributed by atoms with Gasteiger partial charge in [0.25, 0.3) is 0 Å². The zero-order valence-electron chi connectivity index (χ0n) is 10.9. The molecule has 2 rings (SSSR count). The topological polar surface area (TPSA) is 43.8 Å². The maximum Gasteiger partial charge on any atom is 0.0919 e. The van der Waals surface area contributed by atoms with Crippen LogP contribution in [-0.2, 0) is 0 Å². The molecule has 0 aliphatic rings. The second-order valence-corrected chi connectivity index (χ2v) is 5.11. The Morgan fingerprint density at radius 1 is 1.28 bits per heavy atom. The van der Waals surface area contributed by atoms with Crippen LogP contribution < -0.4 is 5.73 Å². The molecule has 0 amide bonds. The molecule has 0 spiro atoms. The molecule has 0 bridgehead atoms. The van der Waals surface area contributed by atoms with Gasteiger partial charge in [-0.2, -0.15) is 5.10 Å². The third kappa shape index (κ3) is 2.42. The van der Waals surface area contributed by atoms with E-state index in [-0.39, 0.29) is 12.1 Å². The molecule has 0 radical (unpaired) electrons. The summed E-state index contributed by atoms with van der Waals surface area (Å²) >= 11 is 6.08. The van der Waals surface area contributed by atoms with Crippen LogP contribution in [0, 0.1) is 13.8 Å². The summed E-state index contributed by atoms with van der Waals surface area (Å²) in [6.07, 6.45) is 1.84. The fourth-order valence-electron chi connectivity index (χ4n) is 2.19. The van der Waals surface area contributed by atoms with Crippen LogP contribution in [0.1, 0.15) is 29.8 Å².